The molecule has 1 fully saturated rings. The van der Waals surface area contributed by atoms with Gasteiger partial charge in [0.15, 0.2) is 0 Å². The quantitative estimate of drug-likeness (QED) is 0.753. The van der Waals surface area contributed by atoms with Gasteiger partial charge < -0.3 is 10.4 Å². The predicted molar refractivity (Wildman–Crippen MR) is 79.5 cm³/mol. The highest BCUT2D eigenvalue weighted by molar-refractivity contribution is 5.84. The van der Waals surface area contributed by atoms with Crippen LogP contribution in [0.1, 0.15) is 72.1 Å². The van der Waals surface area contributed by atoms with Crippen molar-refractivity contribution in [2.75, 3.05) is 6.54 Å². The van der Waals surface area contributed by atoms with Gasteiger partial charge in [-0.25, -0.2) is 0 Å². The Kier molecular flexibility index (Phi) is 6.03. The molecular formula is C16H29NO3. The summed E-state index contributed by atoms with van der Waals surface area (Å²) in [5.74, 6) is -0.982. The predicted octanol–water partition coefficient (Wildman–Crippen LogP) is 3.35. The summed E-state index contributed by atoms with van der Waals surface area (Å²) in [7, 11) is 0. The molecule has 116 valence electrons. The molecule has 0 aromatic carbocycles. The number of hydrogen-bond acceptors (Lipinski definition) is 2. The lowest BCUT2D eigenvalue weighted by molar-refractivity contribution is -0.152. The summed E-state index contributed by atoms with van der Waals surface area (Å²) >= 11 is 0. The van der Waals surface area contributed by atoms with Gasteiger partial charge in [0.05, 0.1) is 5.41 Å². The van der Waals surface area contributed by atoms with Crippen LogP contribution in [0.2, 0.25) is 0 Å². The number of carboxylic acids is 1. The molecule has 0 aliphatic heterocycles. The number of carboxylic acid groups (broad SMARTS) is 1. The van der Waals surface area contributed by atoms with Gasteiger partial charge in [0.25, 0.3) is 0 Å². The first-order chi connectivity index (χ1) is 9.37. The molecule has 1 aliphatic carbocycles. The molecule has 0 spiro atoms. The number of rotatable bonds is 7. The van der Waals surface area contributed by atoms with E-state index >= 15 is 0 Å². The van der Waals surface area contributed by atoms with Gasteiger partial charge in [-0.15, -0.1) is 0 Å². The van der Waals surface area contributed by atoms with E-state index in [9.17, 15) is 14.7 Å². The Hall–Kier alpha value is -1.06. The van der Waals surface area contributed by atoms with Gasteiger partial charge in [0.2, 0.25) is 5.91 Å². The van der Waals surface area contributed by atoms with E-state index in [4.69, 9.17) is 0 Å². The molecule has 0 bridgehead atoms. The SMILES string of the molecule is CCC(CC)(CC(=O)NCC1(C)CCCCC1)C(=O)O. The average molecular weight is 283 g/mol. The molecule has 0 aromatic rings. The minimum absolute atomic E-state index is 0.0887. The van der Waals surface area contributed by atoms with Gasteiger partial charge in [0.1, 0.15) is 0 Å². The summed E-state index contributed by atoms with van der Waals surface area (Å²) in [4.78, 5) is 23.5. The largest absolute Gasteiger partial charge is 0.481 e. The maximum atomic E-state index is 12.1. The first-order valence-electron chi connectivity index (χ1n) is 7.87. The van der Waals surface area contributed by atoms with Crippen molar-refractivity contribution in [1.29, 1.82) is 0 Å². The van der Waals surface area contributed by atoms with Crippen molar-refractivity contribution >= 4 is 11.9 Å². The van der Waals surface area contributed by atoms with Gasteiger partial charge in [-0.2, -0.15) is 0 Å². The van der Waals surface area contributed by atoms with Crippen molar-refractivity contribution in [1.82, 2.24) is 5.32 Å². The van der Waals surface area contributed by atoms with Crippen LogP contribution in [0.5, 0.6) is 0 Å². The fourth-order valence-electron chi connectivity index (χ4n) is 3.14. The Labute approximate surface area is 122 Å². The molecule has 2 N–H and O–H groups in total. The highest BCUT2D eigenvalue weighted by Crippen LogP contribution is 2.35. The molecular weight excluding hydrogens is 254 g/mol. The number of amides is 1. The third kappa shape index (κ3) is 4.22. The van der Waals surface area contributed by atoms with Crippen molar-refractivity contribution in [2.45, 2.75) is 72.1 Å². The molecule has 0 heterocycles. The lowest BCUT2D eigenvalue weighted by Gasteiger charge is -2.34. The van der Waals surface area contributed by atoms with Crippen LogP contribution < -0.4 is 5.32 Å². The molecule has 1 saturated carbocycles. The molecule has 20 heavy (non-hydrogen) atoms. The lowest BCUT2D eigenvalue weighted by atomic mass is 9.75. The molecule has 0 saturated heterocycles. The van der Waals surface area contributed by atoms with Crippen molar-refractivity contribution in [2.24, 2.45) is 10.8 Å². The van der Waals surface area contributed by atoms with Crippen LogP contribution in [0, 0.1) is 10.8 Å². The van der Waals surface area contributed by atoms with E-state index in [-0.39, 0.29) is 17.7 Å². The topological polar surface area (TPSA) is 66.4 Å². The first-order valence-corrected chi connectivity index (χ1v) is 7.87. The van der Waals surface area contributed by atoms with Crippen LogP contribution >= 0.6 is 0 Å². The number of nitrogens with one attached hydrogen (secondary N) is 1. The van der Waals surface area contributed by atoms with Gasteiger partial charge in [0, 0.05) is 13.0 Å². The molecule has 1 amide bonds. The number of carbonyl (C=O) groups is 2. The first kappa shape index (κ1) is 17.0. The summed E-state index contributed by atoms with van der Waals surface area (Å²) in [6.07, 6.45) is 7.12. The number of aliphatic carboxylic acids is 1. The molecule has 1 aliphatic rings. The Morgan fingerprint density at radius 1 is 1.15 bits per heavy atom. The second-order valence-electron chi connectivity index (χ2n) is 6.62. The Morgan fingerprint density at radius 2 is 1.70 bits per heavy atom. The molecule has 0 aromatic heterocycles. The number of hydrogen-bond donors (Lipinski definition) is 2. The van der Waals surface area contributed by atoms with E-state index in [0.717, 1.165) is 12.8 Å². The van der Waals surface area contributed by atoms with E-state index in [1.54, 1.807) is 0 Å². The van der Waals surface area contributed by atoms with Crippen LogP contribution in [0.4, 0.5) is 0 Å². The normalized spacial score (nSPS) is 18.6. The van der Waals surface area contributed by atoms with Crippen LogP contribution in [-0.2, 0) is 9.59 Å². The zero-order chi connectivity index (χ0) is 15.2. The van der Waals surface area contributed by atoms with Crippen LogP contribution in [0.25, 0.3) is 0 Å². The Morgan fingerprint density at radius 3 is 2.15 bits per heavy atom. The zero-order valence-corrected chi connectivity index (χ0v) is 13.1. The monoisotopic (exact) mass is 283 g/mol. The second-order valence-corrected chi connectivity index (χ2v) is 6.62. The molecule has 0 atom stereocenters. The van der Waals surface area contributed by atoms with E-state index in [1.807, 2.05) is 13.8 Å². The van der Waals surface area contributed by atoms with Crippen LogP contribution in [-0.4, -0.2) is 23.5 Å². The molecule has 1 rings (SSSR count). The van der Waals surface area contributed by atoms with Crippen molar-refractivity contribution in [3.05, 3.63) is 0 Å². The summed E-state index contributed by atoms with van der Waals surface area (Å²) in [6, 6.07) is 0. The summed E-state index contributed by atoms with van der Waals surface area (Å²) in [5, 5.41) is 12.3. The summed E-state index contributed by atoms with van der Waals surface area (Å²) < 4.78 is 0. The molecule has 4 nitrogen and oxygen atoms in total. The zero-order valence-electron chi connectivity index (χ0n) is 13.1. The van der Waals surface area contributed by atoms with Crippen LogP contribution in [0.3, 0.4) is 0 Å². The Bertz CT molecular complexity index is 342. The average Bonchev–Trinajstić information content (AvgIpc) is 2.43. The minimum Gasteiger partial charge on any atom is -0.481 e. The second kappa shape index (κ2) is 7.09. The van der Waals surface area contributed by atoms with Crippen LogP contribution in [0.15, 0.2) is 0 Å². The molecule has 0 unspecified atom stereocenters. The highest BCUT2D eigenvalue weighted by Gasteiger charge is 2.37. The van der Waals surface area contributed by atoms with E-state index in [0.29, 0.717) is 19.4 Å². The summed E-state index contributed by atoms with van der Waals surface area (Å²) in [5.41, 5.74) is -0.713. The fraction of sp³-hybridized carbons (Fsp3) is 0.875. The third-order valence-electron chi connectivity index (χ3n) is 5.08. The van der Waals surface area contributed by atoms with Crippen molar-refractivity contribution in [3.63, 3.8) is 0 Å². The van der Waals surface area contributed by atoms with Gasteiger partial charge in [-0.1, -0.05) is 40.0 Å². The lowest BCUT2D eigenvalue weighted by Crippen LogP contribution is -2.41. The molecule has 0 radical (unpaired) electrons. The smallest absolute Gasteiger partial charge is 0.310 e. The highest BCUT2D eigenvalue weighted by atomic mass is 16.4. The van der Waals surface area contributed by atoms with Crippen molar-refractivity contribution < 1.29 is 14.7 Å². The fourth-order valence-corrected chi connectivity index (χ4v) is 3.14. The van der Waals surface area contributed by atoms with Gasteiger partial charge in [-0.05, 0) is 31.1 Å². The standard InChI is InChI=1S/C16H29NO3/c1-4-16(5-2,14(19)20)11-13(18)17-12-15(3)9-7-6-8-10-15/h4-12H2,1-3H3,(H,17,18)(H,19,20). The van der Waals surface area contributed by atoms with E-state index in [1.165, 1.54) is 19.3 Å². The van der Waals surface area contributed by atoms with Gasteiger partial charge >= 0.3 is 5.97 Å². The van der Waals surface area contributed by atoms with Gasteiger partial charge in [-0.3, -0.25) is 9.59 Å². The van der Waals surface area contributed by atoms with E-state index in [2.05, 4.69) is 12.2 Å². The minimum atomic E-state index is -0.905. The molecule has 4 heteroatoms. The maximum Gasteiger partial charge on any atom is 0.310 e. The summed E-state index contributed by atoms with van der Waals surface area (Å²) in [6.45, 7) is 6.58. The Balaban J connectivity index is 2.52. The maximum absolute atomic E-state index is 12.1. The number of carbonyl (C=O) groups excluding carboxylic acids is 1. The van der Waals surface area contributed by atoms with Crippen molar-refractivity contribution in [3.8, 4) is 0 Å². The van der Waals surface area contributed by atoms with E-state index < -0.39 is 11.4 Å². The third-order valence-corrected chi connectivity index (χ3v) is 5.08.